The lowest BCUT2D eigenvalue weighted by atomic mass is 10.2. The van der Waals surface area contributed by atoms with Gasteiger partial charge in [0.15, 0.2) is 0 Å². The zero-order valence-electron chi connectivity index (χ0n) is 6.02. The molecule has 0 aromatic heterocycles. The van der Waals surface area contributed by atoms with Gasteiger partial charge >= 0.3 is 0 Å². The van der Waals surface area contributed by atoms with Gasteiger partial charge in [-0.15, -0.1) is 20.7 Å². The molecule has 0 radical (unpaired) electrons. The molecule has 0 aliphatic carbocycles. The van der Waals surface area contributed by atoms with Crippen LogP contribution in [0.3, 0.4) is 0 Å². The molecule has 0 unspecified atom stereocenters. The largest absolute Gasteiger partial charge is 0.119 e. The molecule has 1 aliphatic heterocycles. The Morgan fingerprint density at radius 1 is 1.78 bits per heavy atom. The first kappa shape index (κ1) is 7.45. The van der Waals surface area contributed by atoms with Crippen LogP contribution >= 0.6 is 20.7 Å². The molecule has 52 valence electrons. The third-order valence-electron chi connectivity index (χ3n) is 1.53. The molecule has 0 fully saturated rings. The Kier molecular flexibility index (Phi) is 2.89. The molecule has 0 aromatic carbocycles. The van der Waals surface area contributed by atoms with Gasteiger partial charge < -0.3 is 0 Å². The van der Waals surface area contributed by atoms with Gasteiger partial charge in [0.25, 0.3) is 0 Å². The van der Waals surface area contributed by atoms with Crippen LogP contribution in [0.15, 0.2) is 11.6 Å². The van der Waals surface area contributed by atoms with Gasteiger partial charge in [-0.3, -0.25) is 0 Å². The highest BCUT2D eigenvalue weighted by atomic mass is 127. The van der Waals surface area contributed by atoms with E-state index in [2.05, 4.69) is 23.9 Å². The van der Waals surface area contributed by atoms with Crippen LogP contribution in [0.2, 0.25) is 0 Å². The minimum atomic E-state index is 0.412. The predicted molar refractivity (Wildman–Crippen MR) is 52.5 cm³/mol. The maximum absolute atomic E-state index is 2.48. The fourth-order valence-electron chi connectivity index (χ4n) is 0.820. The Morgan fingerprint density at radius 3 is 3.00 bits per heavy atom. The second kappa shape index (κ2) is 3.49. The Morgan fingerprint density at radius 2 is 2.56 bits per heavy atom. The van der Waals surface area contributed by atoms with Crippen molar-refractivity contribution < 1.29 is 0 Å². The maximum Gasteiger partial charge on any atom is 0.00685 e. The third kappa shape index (κ3) is 2.20. The highest BCUT2D eigenvalue weighted by Gasteiger charge is 2.00. The van der Waals surface area contributed by atoms with Crippen LogP contribution in [0, 0.1) is 0 Å². The first-order valence-corrected chi connectivity index (χ1v) is 5.96. The van der Waals surface area contributed by atoms with Crippen LogP contribution in [-0.2, 0) is 0 Å². The van der Waals surface area contributed by atoms with Gasteiger partial charge in [0.1, 0.15) is 0 Å². The average Bonchev–Trinajstić information content (AvgIpc) is 1.90. The van der Waals surface area contributed by atoms with Crippen LogP contribution in [0.4, 0.5) is 0 Å². The highest BCUT2D eigenvalue weighted by Crippen LogP contribution is 2.20. The van der Waals surface area contributed by atoms with E-state index in [0.29, 0.717) is 20.7 Å². The number of alkyl halides is 1. The van der Waals surface area contributed by atoms with Crippen molar-refractivity contribution in [3.8, 4) is 0 Å². The summed E-state index contributed by atoms with van der Waals surface area (Å²) in [5, 5.41) is 0. The Hall–Kier alpha value is 0.340. The van der Waals surface area contributed by atoms with Gasteiger partial charge in [-0.1, -0.05) is 19.9 Å². The standard InChI is InChI=1S/C8H13I/c1-3-8-5-4-7(2)9-6-8/h5-7H,3-4H2,1-2H3/t7-/m1/s1. The van der Waals surface area contributed by atoms with E-state index in [9.17, 15) is 0 Å². The minimum absolute atomic E-state index is 0.412. The van der Waals surface area contributed by atoms with Crippen LogP contribution in [0.1, 0.15) is 26.7 Å². The fraction of sp³-hybridized carbons (Fsp3) is 0.625. The molecule has 0 amide bonds. The van der Waals surface area contributed by atoms with E-state index in [4.69, 9.17) is 0 Å². The number of hydrogen-bond donors (Lipinski definition) is 0. The molecule has 1 heterocycles. The van der Waals surface area contributed by atoms with E-state index in [1.165, 1.54) is 12.8 Å². The first-order chi connectivity index (χ1) is 4.33. The SMILES string of the molecule is CCC1=CC[C@@H](C)I=C1. The summed E-state index contributed by atoms with van der Waals surface area (Å²) in [6, 6.07) is 0. The molecule has 9 heavy (non-hydrogen) atoms. The molecule has 1 aliphatic rings. The zero-order chi connectivity index (χ0) is 6.69. The van der Waals surface area contributed by atoms with Gasteiger partial charge in [0, 0.05) is 3.92 Å². The summed E-state index contributed by atoms with van der Waals surface area (Å²) in [5.74, 6) is 0. The Balaban J connectivity index is 2.52. The van der Waals surface area contributed by atoms with E-state index in [-0.39, 0.29) is 0 Å². The summed E-state index contributed by atoms with van der Waals surface area (Å²) in [4.78, 5) is 0. The number of hydrogen-bond acceptors (Lipinski definition) is 0. The van der Waals surface area contributed by atoms with Crippen molar-refractivity contribution in [3.63, 3.8) is 0 Å². The highest BCUT2D eigenvalue weighted by molar-refractivity contribution is 14.2. The number of allylic oxidation sites excluding steroid dienone is 2. The van der Waals surface area contributed by atoms with Crippen LogP contribution in [0.5, 0.6) is 0 Å². The predicted octanol–water partition coefficient (Wildman–Crippen LogP) is 2.89. The fourth-order valence-corrected chi connectivity index (χ4v) is 3.14. The lowest BCUT2D eigenvalue weighted by Gasteiger charge is -2.08. The smallest absolute Gasteiger partial charge is 0.00685 e. The summed E-state index contributed by atoms with van der Waals surface area (Å²) in [6.07, 6.45) is 4.98. The van der Waals surface area contributed by atoms with E-state index in [1.807, 2.05) is 0 Å². The third-order valence-corrected chi connectivity index (χ3v) is 4.43. The van der Waals surface area contributed by atoms with Gasteiger partial charge in [0.2, 0.25) is 0 Å². The van der Waals surface area contributed by atoms with Crippen LogP contribution in [-0.4, -0.2) is 7.94 Å². The van der Waals surface area contributed by atoms with Gasteiger partial charge in [-0.05, 0) is 22.4 Å². The maximum atomic E-state index is 2.48. The molecule has 0 aromatic rings. The molecule has 0 saturated carbocycles. The first-order valence-electron chi connectivity index (χ1n) is 3.47. The molecule has 0 nitrogen and oxygen atoms in total. The van der Waals surface area contributed by atoms with Gasteiger partial charge in [0.05, 0.1) is 0 Å². The van der Waals surface area contributed by atoms with Crippen molar-refractivity contribution >= 4 is 24.7 Å². The molecule has 0 spiro atoms. The summed E-state index contributed by atoms with van der Waals surface area (Å²) < 4.78 is 3.48. The Bertz CT molecular complexity index is 145. The summed E-state index contributed by atoms with van der Waals surface area (Å²) in [5.41, 5.74) is 1.60. The van der Waals surface area contributed by atoms with Crippen LogP contribution < -0.4 is 0 Å². The second-order valence-electron chi connectivity index (χ2n) is 2.38. The molecular weight excluding hydrogens is 223 g/mol. The van der Waals surface area contributed by atoms with Gasteiger partial charge in [-0.2, -0.15) is 0 Å². The van der Waals surface area contributed by atoms with E-state index >= 15 is 0 Å². The summed E-state index contributed by atoms with van der Waals surface area (Å²) >= 11 is 0.412. The second-order valence-corrected chi connectivity index (χ2v) is 5.85. The van der Waals surface area contributed by atoms with Crippen molar-refractivity contribution in [2.45, 2.75) is 30.6 Å². The summed E-state index contributed by atoms with van der Waals surface area (Å²) in [6.45, 7) is 4.59. The van der Waals surface area contributed by atoms with Crippen molar-refractivity contribution in [1.82, 2.24) is 0 Å². The van der Waals surface area contributed by atoms with Crippen LogP contribution in [0.25, 0.3) is 0 Å². The molecule has 0 saturated heterocycles. The number of halogens is 1. The quantitative estimate of drug-likeness (QED) is 0.485. The summed E-state index contributed by atoms with van der Waals surface area (Å²) in [7, 11) is 0. The monoisotopic (exact) mass is 236 g/mol. The topological polar surface area (TPSA) is 0 Å². The molecule has 1 heteroatoms. The lowest BCUT2D eigenvalue weighted by Crippen LogP contribution is -1.95. The van der Waals surface area contributed by atoms with Crippen molar-refractivity contribution in [2.75, 3.05) is 0 Å². The molecular formula is C8H13I. The van der Waals surface area contributed by atoms with Crippen molar-refractivity contribution in [2.24, 2.45) is 0 Å². The molecule has 0 bridgehead atoms. The van der Waals surface area contributed by atoms with E-state index < -0.39 is 0 Å². The molecule has 0 N–H and O–H groups in total. The lowest BCUT2D eigenvalue weighted by molar-refractivity contribution is 0.998. The normalized spacial score (nSPS) is 26.9. The zero-order valence-corrected chi connectivity index (χ0v) is 8.18. The van der Waals surface area contributed by atoms with Crippen molar-refractivity contribution in [1.29, 1.82) is 0 Å². The molecule has 1 rings (SSSR count). The number of rotatable bonds is 1. The molecule has 1 atom stereocenters. The van der Waals surface area contributed by atoms with E-state index in [0.717, 1.165) is 3.92 Å². The minimum Gasteiger partial charge on any atom is -0.119 e. The van der Waals surface area contributed by atoms with E-state index in [1.54, 1.807) is 5.57 Å². The average molecular weight is 236 g/mol. The van der Waals surface area contributed by atoms with Gasteiger partial charge in [-0.25, -0.2) is 0 Å². The Labute approximate surface area is 67.1 Å². The van der Waals surface area contributed by atoms with Crippen molar-refractivity contribution in [3.05, 3.63) is 11.6 Å².